The summed E-state index contributed by atoms with van der Waals surface area (Å²) in [6.45, 7) is 4.58. The van der Waals surface area contributed by atoms with E-state index in [0.717, 1.165) is 12.1 Å². The van der Waals surface area contributed by atoms with Crippen molar-refractivity contribution >= 4 is 17.3 Å². The third-order valence-electron chi connectivity index (χ3n) is 2.32. The monoisotopic (exact) mass is 266 g/mol. The van der Waals surface area contributed by atoms with E-state index in [2.05, 4.69) is 6.58 Å². The molecule has 0 fully saturated rings. The average molecular weight is 266 g/mol. The molecule has 0 saturated carbocycles. The van der Waals surface area contributed by atoms with Crippen LogP contribution in [0.5, 0.6) is 0 Å². The number of ether oxygens (including phenoxy) is 1. The molecule has 0 N–H and O–H groups in total. The molecule has 0 saturated heterocycles. The largest absolute Gasteiger partial charge is 0.454 e. The van der Waals surface area contributed by atoms with Crippen molar-refractivity contribution in [1.82, 2.24) is 0 Å². The Morgan fingerprint density at radius 2 is 2.00 bits per heavy atom. The van der Waals surface area contributed by atoms with Crippen molar-refractivity contribution in [2.24, 2.45) is 0 Å². The van der Waals surface area contributed by atoms with Gasteiger partial charge >= 0.3 is 17.3 Å². The van der Waals surface area contributed by atoms with Gasteiger partial charge in [-0.15, -0.1) is 0 Å². The third-order valence-corrected chi connectivity index (χ3v) is 2.32. The summed E-state index contributed by atoms with van der Waals surface area (Å²) < 4.78 is 4.83. The minimum Gasteiger partial charge on any atom is -0.454 e. The van der Waals surface area contributed by atoms with Gasteiger partial charge in [0.05, 0.1) is 15.4 Å². The molecule has 0 aliphatic carbocycles. The molecule has 0 amide bonds. The SMILES string of the molecule is C=CC(=O)OC(C)c1cccc([N+](=O)[O-])c1[N+](=O)[O-]. The molecule has 0 heterocycles. The first kappa shape index (κ1) is 14.3. The fraction of sp³-hybridized carbons (Fsp3) is 0.182. The van der Waals surface area contributed by atoms with Crippen molar-refractivity contribution in [1.29, 1.82) is 0 Å². The van der Waals surface area contributed by atoms with Crippen molar-refractivity contribution < 1.29 is 19.4 Å². The molecule has 100 valence electrons. The van der Waals surface area contributed by atoms with Crippen LogP contribution in [0, 0.1) is 20.2 Å². The minimum atomic E-state index is -0.995. The topological polar surface area (TPSA) is 113 Å². The normalized spacial score (nSPS) is 11.4. The molecule has 0 aromatic heterocycles. The Balaban J connectivity index is 3.30. The maximum atomic E-state index is 11.1. The number of para-hydroxylation sites is 1. The predicted octanol–water partition coefficient (Wildman–Crippen LogP) is 2.29. The fourth-order valence-corrected chi connectivity index (χ4v) is 1.51. The number of nitrogens with zero attached hydrogens (tertiary/aromatic N) is 2. The second-order valence-electron chi connectivity index (χ2n) is 3.51. The van der Waals surface area contributed by atoms with E-state index < -0.39 is 33.3 Å². The zero-order valence-corrected chi connectivity index (χ0v) is 9.94. The van der Waals surface area contributed by atoms with Gasteiger partial charge in [0, 0.05) is 12.1 Å². The molecule has 0 bridgehead atoms. The fourth-order valence-electron chi connectivity index (χ4n) is 1.51. The van der Waals surface area contributed by atoms with Gasteiger partial charge in [0.25, 0.3) is 0 Å². The number of carbonyl (C=O) groups is 1. The maximum absolute atomic E-state index is 11.1. The highest BCUT2D eigenvalue weighted by Crippen LogP contribution is 2.35. The second kappa shape index (κ2) is 5.71. The van der Waals surface area contributed by atoms with Crippen LogP contribution < -0.4 is 0 Å². The molecule has 19 heavy (non-hydrogen) atoms. The number of hydrogen-bond donors (Lipinski definition) is 0. The highest BCUT2D eigenvalue weighted by molar-refractivity contribution is 5.81. The number of nitro benzene ring substituents is 2. The van der Waals surface area contributed by atoms with Crippen LogP contribution in [0.2, 0.25) is 0 Å². The zero-order valence-electron chi connectivity index (χ0n) is 9.94. The highest BCUT2D eigenvalue weighted by atomic mass is 16.6. The summed E-state index contributed by atoms with van der Waals surface area (Å²) >= 11 is 0. The summed E-state index contributed by atoms with van der Waals surface area (Å²) in [7, 11) is 0. The van der Waals surface area contributed by atoms with E-state index in [1.807, 2.05) is 0 Å². The van der Waals surface area contributed by atoms with Crippen molar-refractivity contribution in [3.8, 4) is 0 Å². The van der Waals surface area contributed by atoms with E-state index in [0.29, 0.717) is 0 Å². The standard InChI is InChI=1S/C11H10N2O6/c1-3-10(14)19-7(2)8-5-4-6-9(12(15)16)11(8)13(17)18/h3-7H,1H2,2H3. The first-order valence-corrected chi connectivity index (χ1v) is 5.13. The van der Waals surface area contributed by atoms with Crippen molar-refractivity contribution in [2.75, 3.05) is 0 Å². The maximum Gasteiger partial charge on any atom is 0.352 e. The quantitative estimate of drug-likeness (QED) is 0.349. The summed E-state index contributed by atoms with van der Waals surface area (Å²) in [6.07, 6.45) is -0.0922. The van der Waals surface area contributed by atoms with Crippen LogP contribution in [-0.4, -0.2) is 15.8 Å². The molecule has 1 aromatic rings. The molecule has 0 aliphatic rings. The van der Waals surface area contributed by atoms with Gasteiger partial charge in [-0.2, -0.15) is 0 Å². The molecule has 0 aliphatic heterocycles. The summed E-state index contributed by atoms with van der Waals surface area (Å²) in [5, 5.41) is 21.7. The third kappa shape index (κ3) is 3.12. The second-order valence-corrected chi connectivity index (χ2v) is 3.51. The van der Waals surface area contributed by atoms with E-state index in [9.17, 15) is 25.0 Å². The van der Waals surface area contributed by atoms with Gasteiger partial charge < -0.3 is 4.74 Å². The lowest BCUT2D eigenvalue weighted by molar-refractivity contribution is -0.423. The van der Waals surface area contributed by atoms with E-state index >= 15 is 0 Å². The van der Waals surface area contributed by atoms with E-state index in [-0.39, 0.29) is 5.56 Å². The Hall–Kier alpha value is -2.77. The Morgan fingerprint density at radius 1 is 1.37 bits per heavy atom. The number of nitro groups is 2. The first-order chi connectivity index (χ1) is 8.88. The molecule has 8 heteroatoms. The van der Waals surface area contributed by atoms with Gasteiger partial charge in [-0.25, -0.2) is 4.79 Å². The van der Waals surface area contributed by atoms with Gasteiger partial charge in [-0.3, -0.25) is 20.2 Å². The molecular weight excluding hydrogens is 256 g/mol. The number of rotatable bonds is 5. The van der Waals surface area contributed by atoms with Crippen LogP contribution in [0.3, 0.4) is 0 Å². The number of hydrogen-bond acceptors (Lipinski definition) is 6. The summed E-state index contributed by atoms with van der Waals surface area (Å²) in [5.74, 6) is -0.770. The van der Waals surface area contributed by atoms with Crippen molar-refractivity contribution in [3.63, 3.8) is 0 Å². The molecule has 1 aromatic carbocycles. The van der Waals surface area contributed by atoms with E-state index in [1.54, 1.807) is 0 Å². The molecule has 1 unspecified atom stereocenters. The summed E-state index contributed by atoms with van der Waals surface area (Å²) in [5.41, 5.74) is -1.38. The number of carbonyl (C=O) groups excluding carboxylic acids is 1. The average Bonchev–Trinajstić information content (AvgIpc) is 2.37. The first-order valence-electron chi connectivity index (χ1n) is 5.13. The smallest absolute Gasteiger partial charge is 0.352 e. The van der Waals surface area contributed by atoms with Crippen LogP contribution in [0.1, 0.15) is 18.6 Å². The molecule has 1 rings (SSSR count). The van der Waals surface area contributed by atoms with Gasteiger partial charge in [0.15, 0.2) is 0 Å². The summed E-state index contributed by atoms with van der Waals surface area (Å²) in [6, 6.07) is 3.61. The van der Waals surface area contributed by atoms with Crippen LogP contribution >= 0.6 is 0 Å². The minimum absolute atomic E-state index is 0.0469. The van der Waals surface area contributed by atoms with Gasteiger partial charge in [0.2, 0.25) is 0 Å². The number of esters is 1. The van der Waals surface area contributed by atoms with E-state index in [1.165, 1.54) is 19.1 Å². The lowest BCUT2D eigenvalue weighted by Gasteiger charge is -2.12. The Labute approximate surface area is 107 Å². The zero-order chi connectivity index (χ0) is 14.6. The van der Waals surface area contributed by atoms with Crippen molar-refractivity contribution in [3.05, 3.63) is 56.6 Å². The Morgan fingerprint density at radius 3 is 2.47 bits per heavy atom. The van der Waals surface area contributed by atoms with Gasteiger partial charge in [0.1, 0.15) is 6.10 Å². The summed E-state index contributed by atoms with van der Waals surface area (Å²) in [4.78, 5) is 31.0. The van der Waals surface area contributed by atoms with Crippen LogP contribution in [0.15, 0.2) is 30.9 Å². The van der Waals surface area contributed by atoms with E-state index in [4.69, 9.17) is 4.74 Å². The van der Waals surface area contributed by atoms with Gasteiger partial charge in [-0.05, 0) is 13.0 Å². The molecule has 8 nitrogen and oxygen atoms in total. The Kier molecular flexibility index (Phi) is 4.30. The predicted molar refractivity (Wildman–Crippen MR) is 64.5 cm³/mol. The van der Waals surface area contributed by atoms with Gasteiger partial charge in [-0.1, -0.05) is 12.6 Å². The van der Waals surface area contributed by atoms with Crippen molar-refractivity contribution in [2.45, 2.75) is 13.0 Å². The Bertz CT molecular complexity index is 554. The van der Waals surface area contributed by atoms with Crippen LogP contribution in [0.25, 0.3) is 0 Å². The van der Waals surface area contributed by atoms with Crippen LogP contribution in [-0.2, 0) is 9.53 Å². The van der Waals surface area contributed by atoms with Crippen LogP contribution in [0.4, 0.5) is 11.4 Å². The molecular formula is C11H10N2O6. The number of benzene rings is 1. The highest BCUT2D eigenvalue weighted by Gasteiger charge is 2.31. The molecule has 0 radical (unpaired) electrons. The molecule has 0 spiro atoms. The lowest BCUT2D eigenvalue weighted by atomic mass is 10.1. The molecule has 1 atom stereocenters. The lowest BCUT2D eigenvalue weighted by Crippen LogP contribution is -2.09.